The minimum atomic E-state index is -0.952. The first kappa shape index (κ1) is 18.6. The van der Waals surface area contributed by atoms with Crippen LogP contribution in [-0.4, -0.2) is 35.5 Å². The molecule has 2 heterocycles. The number of nitrogens with one attached hydrogen (secondary N) is 3. The number of hydrogen-bond acceptors (Lipinski definition) is 5. The van der Waals surface area contributed by atoms with E-state index in [2.05, 4.69) is 20.9 Å². The van der Waals surface area contributed by atoms with Gasteiger partial charge in [-0.05, 0) is 31.4 Å². The molecule has 1 fully saturated rings. The van der Waals surface area contributed by atoms with Crippen molar-refractivity contribution in [3.63, 3.8) is 0 Å². The van der Waals surface area contributed by atoms with Crippen LogP contribution in [0.25, 0.3) is 10.9 Å². The van der Waals surface area contributed by atoms with Crippen LogP contribution in [0.15, 0.2) is 30.3 Å². The molecule has 1 aromatic heterocycles. The number of pyridine rings is 1. The fourth-order valence-corrected chi connectivity index (χ4v) is 3.11. The third-order valence-corrected chi connectivity index (χ3v) is 4.66. The van der Waals surface area contributed by atoms with E-state index in [-0.39, 0.29) is 18.2 Å². The number of carbonyl (C=O) groups is 3. The van der Waals surface area contributed by atoms with Gasteiger partial charge in [0, 0.05) is 24.4 Å². The van der Waals surface area contributed by atoms with Gasteiger partial charge in [0.1, 0.15) is 5.54 Å². The summed E-state index contributed by atoms with van der Waals surface area (Å²) in [5.74, 6) is 0.0142. The van der Waals surface area contributed by atoms with Gasteiger partial charge in [0.2, 0.25) is 11.8 Å². The number of nitrogens with zero attached hydrogens (tertiary/aromatic N) is 1. The molecule has 1 aliphatic rings. The molecular formula is C19H22N4O4. The third-order valence-electron chi connectivity index (χ3n) is 4.66. The molecule has 3 rings (SSSR count). The van der Waals surface area contributed by atoms with E-state index in [1.807, 2.05) is 30.3 Å². The van der Waals surface area contributed by atoms with E-state index < -0.39 is 11.6 Å². The zero-order valence-corrected chi connectivity index (χ0v) is 15.3. The molecule has 1 aliphatic heterocycles. The van der Waals surface area contributed by atoms with E-state index in [1.165, 1.54) is 0 Å². The van der Waals surface area contributed by atoms with Crippen LogP contribution in [0, 0.1) is 0 Å². The van der Waals surface area contributed by atoms with E-state index in [0.717, 1.165) is 16.5 Å². The lowest BCUT2D eigenvalue weighted by atomic mass is 9.95. The van der Waals surface area contributed by atoms with Crippen LogP contribution in [0.3, 0.4) is 0 Å². The van der Waals surface area contributed by atoms with Gasteiger partial charge in [-0.25, -0.2) is 9.78 Å². The molecule has 27 heavy (non-hydrogen) atoms. The van der Waals surface area contributed by atoms with Crippen LogP contribution in [0.5, 0.6) is 5.88 Å². The van der Waals surface area contributed by atoms with Crippen molar-refractivity contribution in [2.24, 2.45) is 0 Å². The molecule has 2 aromatic rings. The Kier molecular flexibility index (Phi) is 5.25. The molecule has 142 valence electrons. The average molecular weight is 370 g/mol. The number of aromatic nitrogens is 1. The summed E-state index contributed by atoms with van der Waals surface area (Å²) in [6.07, 6.45) is 1.14. The number of amides is 4. The number of benzene rings is 1. The third kappa shape index (κ3) is 4.16. The molecule has 0 spiro atoms. The highest BCUT2D eigenvalue weighted by Gasteiger charge is 2.41. The van der Waals surface area contributed by atoms with E-state index in [0.29, 0.717) is 25.3 Å². The Labute approximate surface area is 156 Å². The summed E-state index contributed by atoms with van der Waals surface area (Å²) in [5.41, 5.74) is 0.767. The second kappa shape index (κ2) is 7.61. The van der Waals surface area contributed by atoms with Gasteiger partial charge >= 0.3 is 6.03 Å². The minimum absolute atomic E-state index is 0.122. The minimum Gasteiger partial charge on any atom is -0.481 e. The molecule has 4 amide bonds. The lowest BCUT2D eigenvalue weighted by molar-refractivity contribution is -0.124. The summed E-state index contributed by atoms with van der Waals surface area (Å²) in [5, 5.41) is 8.65. The van der Waals surface area contributed by atoms with Crippen LogP contribution in [-0.2, 0) is 16.1 Å². The highest BCUT2D eigenvalue weighted by atomic mass is 16.5. The van der Waals surface area contributed by atoms with Crippen molar-refractivity contribution in [3.05, 3.63) is 35.9 Å². The predicted octanol–water partition coefficient (Wildman–Crippen LogP) is 1.63. The van der Waals surface area contributed by atoms with Crippen LogP contribution in [0.4, 0.5) is 4.79 Å². The fraction of sp³-hybridized carbons (Fsp3) is 0.368. The van der Waals surface area contributed by atoms with E-state index in [1.54, 1.807) is 14.0 Å². The van der Waals surface area contributed by atoms with E-state index in [9.17, 15) is 14.4 Å². The van der Waals surface area contributed by atoms with Gasteiger partial charge in [0.25, 0.3) is 5.91 Å². The average Bonchev–Trinajstić information content (AvgIpc) is 2.91. The van der Waals surface area contributed by atoms with Gasteiger partial charge in [0.15, 0.2) is 0 Å². The highest BCUT2D eigenvalue weighted by molar-refractivity contribution is 6.06. The zero-order valence-electron chi connectivity index (χ0n) is 15.3. The van der Waals surface area contributed by atoms with Gasteiger partial charge in [-0.3, -0.25) is 14.9 Å². The van der Waals surface area contributed by atoms with Crippen LogP contribution < -0.4 is 20.7 Å². The summed E-state index contributed by atoms with van der Waals surface area (Å²) in [6, 6.07) is 8.97. The maximum atomic E-state index is 12.2. The highest BCUT2D eigenvalue weighted by Crippen LogP contribution is 2.22. The molecular weight excluding hydrogens is 348 g/mol. The quantitative estimate of drug-likeness (QED) is 0.642. The maximum absolute atomic E-state index is 12.2. The smallest absolute Gasteiger partial charge is 0.322 e. The van der Waals surface area contributed by atoms with Gasteiger partial charge < -0.3 is 15.4 Å². The first-order valence-electron chi connectivity index (χ1n) is 8.74. The number of urea groups is 1. The molecule has 1 atom stereocenters. The van der Waals surface area contributed by atoms with Gasteiger partial charge in [-0.1, -0.05) is 18.2 Å². The summed E-state index contributed by atoms with van der Waals surface area (Å²) >= 11 is 0. The number of hydrogen-bond donors (Lipinski definition) is 3. The second-order valence-electron chi connectivity index (χ2n) is 6.71. The molecule has 0 radical (unpaired) electrons. The Morgan fingerprint density at radius 1 is 1.30 bits per heavy atom. The Morgan fingerprint density at radius 3 is 2.78 bits per heavy atom. The van der Waals surface area contributed by atoms with Crippen molar-refractivity contribution >= 4 is 28.7 Å². The Hall–Kier alpha value is -3.16. The summed E-state index contributed by atoms with van der Waals surface area (Å²) in [7, 11) is 1.55. The molecule has 0 saturated carbocycles. The predicted molar refractivity (Wildman–Crippen MR) is 99.1 cm³/mol. The normalized spacial score (nSPS) is 18.9. The van der Waals surface area contributed by atoms with Gasteiger partial charge in [-0.2, -0.15) is 0 Å². The maximum Gasteiger partial charge on any atom is 0.322 e. The Balaban J connectivity index is 1.56. The SMILES string of the molecule is COc1cc(CNC(=O)CCCC2(C)NC(=O)NC2=O)c2ccccc2n1. The van der Waals surface area contributed by atoms with Crippen LogP contribution in [0.1, 0.15) is 31.7 Å². The van der Waals surface area contributed by atoms with Crippen molar-refractivity contribution in [2.75, 3.05) is 7.11 Å². The second-order valence-corrected chi connectivity index (χ2v) is 6.71. The standard InChI is InChI=1S/C19H22N4O4/c1-19(17(25)22-18(26)23-19)9-5-8-15(24)20-11-12-10-16(27-2)21-14-7-4-3-6-13(12)14/h3-4,6-7,10H,5,8-9,11H2,1-2H3,(H,20,24)(H2,22,23,25,26). The van der Waals surface area contributed by atoms with Crippen LogP contribution >= 0.6 is 0 Å². The Morgan fingerprint density at radius 2 is 2.07 bits per heavy atom. The van der Waals surface area contributed by atoms with Crippen molar-refractivity contribution in [3.8, 4) is 5.88 Å². The molecule has 1 unspecified atom stereocenters. The number of methoxy groups -OCH3 is 1. The summed E-state index contributed by atoms with van der Waals surface area (Å²) in [6.45, 7) is 2.01. The molecule has 3 N–H and O–H groups in total. The molecule has 1 saturated heterocycles. The lowest BCUT2D eigenvalue weighted by Gasteiger charge is -2.19. The molecule has 8 nitrogen and oxygen atoms in total. The number of fused-ring (bicyclic) bond motifs is 1. The first-order valence-corrected chi connectivity index (χ1v) is 8.74. The summed E-state index contributed by atoms with van der Waals surface area (Å²) in [4.78, 5) is 39.6. The molecule has 1 aromatic carbocycles. The zero-order chi connectivity index (χ0) is 19.4. The summed E-state index contributed by atoms with van der Waals surface area (Å²) < 4.78 is 5.23. The topological polar surface area (TPSA) is 109 Å². The monoisotopic (exact) mass is 370 g/mol. The fourth-order valence-electron chi connectivity index (χ4n) is 3.11. The van der Waals surface area contributed by atoms with E-state index in [4.69, 9.17) is 4.74 Å². The number of para-hydroxylation sites is 1. The number of carbonyl (C=O) groups excluding carboxylic acids is 3. The Bertz CT molecular complexity index is 898. The first-order chi connectivity index (χ1) is 12.9. The lowest BCUT2D eigenvalue weighted by Crippen LogP contribution is -2.43. The largest absolute Gasteiger partial charge is 0.481 e. The van der Waals surface area contributed by atoms with Gasteiger partial charge in [0.05, 0.1) is 12.6 Å². The number of ether oxygens (including phenoxy) is 1. The molecule has 0 aliphatic carbocycles. The van der Waals surface area contributed by atoms with Gasteiger partial charge in [-0.15, -0.1) is 0 Å². The molecule has 8 heteroatoms. The van der Waals surface area contributed by atoms with Crippen molar-refractivity contribution in [1.29, 1.82) is 0 Å². The molecule has 0 bridgehead atoms. The number of rotatable bonds is 7. The van der Waals surface area contributed by atoms with Crippen molar-refractivity contribution in [2.45, 2.75) is 38.3 Å². The number of imide groups is 1. The van der Waals surface area contributed by atoms with Crippen molar-refractivity contribution in [1.82, 2.24) is 20.9 Å². The van der Waals surface area contributed by atoms with E-state index >= 15 is 0 Å². The van der Waals surface area contributed by atoms with Crippen LogP contribution in [0.2, 0.25) is 0 Å². The van der Waals surface area contributed by atoms with Crippen molar-refractivity contribution < 1.29 is 19.1 Å².